The Morgan fingerprint density at radius 2 is 1.93 bits per heavy atom. The van der Waals surface area contributed by atoms with Crippen molar-refractivity contribution >= 4 is 11.6 Å². The number of ether oxygens (including phenoxy) is 3. The Bertz CT molecular complexity index is 870. The maximum atomic E-state index is 13.0. The van der Waals surface area contributed by atoms with Crippen LogP contribution in [0.15, 0.2) is 42.5 Å². The number of para-hydroxylation sites is 2. The van der Waals surface area contributed by atoms with Crippen LogP contribution in [0.5, 0.6) is 17.2 Å². The van der Waals surface area contributed by atoms with Gasteiger partial charge in [-0.05, 0) is 37.3 Å². The van der Waals surface area contributed by atoms with Gasteiger partial charge in [0.15, 0.2) is 17.5 Å². The summed E-state index contributed by atoms with van der Waals surface area (Å²) in [6.07, 6.45) is 3.05. The minimum absolute atomic E-state index is 0.00532. The van der Waals surface area contributed by atoms with Crippen molar-refractivity contribution in [2.24, 2.45) is 0 Å². The molecule has 0 spiro atoms. The molecule has 6 nitrogen and oxygen atoms in total. The Morgan fingerprint density at radius 1 is 1.14 bits per heavy atom. The summed E-state index contributed by atoms with van der Waals surface area (Å²) in [5.41, 5.74) is 1.91. The molecule has 2 aromatic rings. The van der Waals surface area contributed by atoms with Crippen LogP contribution in [0.1, 0.15) is 37.8 Å². The minimum atomic E-state index is -0.177. The maximum Gasteiger partial charge on any atom is 0.282 e. The van der Waals surface area contributed by atoms with Crippen LogP contribution in [0.25, 0.3) is 0 Å². The molecule has 0 aliphatic carbocycles. The lowest BCUT2D eigenvalue weighted by Crippen LogP contribution is -3.15. The number of amides is 1. The predicted octanol–water partition coefficient (Wildman–Crippen LogP) is 2.60. The van der Waals surface area contributed by atoms with Gasteiger partial charge in [0.1, 0.15) is 11.8 Å². The molecule has 6 heteroatoms. The predicted molar refractivity (Wildman–Crippen MR) is 111 cm³/mol. The van der Waals surface area contributed by atoms with E-state index in [0.717, 1.165) is 37.3 Å². The SMILES string of the molecule is COc1ccccc1NC(=O)[C@H](C)[NH+]1CCC[C@@H]1c1ccc2c(c1)OCCCO2. The van der Waals surface area contributed by atoms with Crippen LogP contribution in [0.2, 0.25) is 0 Å². The zero-order chi connectivity index (χ0) is 20.2. The van der Waals surface area contributed by atoms with Gasteiger partial charge in [-0.1, -0.05) is 12.1 Å². The first-order chi connectivity index (χ1) is 14.2. The van der Waals surface area contributed by atoms with Gasteiger partial charge in [-0.15, -0.1) is 0 Å². The second kappa shape index (κ2) is 8.74. The molecule has 2 heterocycles. The number of carbonyl (C=O) groups is 1. The first kappa shape index (κ1) is 19.6. The lowest BCUT2D eigenvalue weighted by atomic mass is 10.0. The van der Waals surface area contributed by atoms with Crippen LogP contribution in [0.3, 0.4) is 0 Å². The van der Waals surface area contributed by atoms with E-state index in [4.69, 9.17) is 14.2 Å². The number of hydrogen-bond acceptors (Lipinski definition) is 4. The molecule has 1 saturated heterocycles. The molecule has 4 rings (SSSR count). The van der Waals surface area contributed by atoms with Crippen LogP contribution in [0, 0.1) is 0 Å². The van der Waals surface area contributed by atoms with E-state index in [9.17, 15) is 4.79 Å². The number of fused-ring (bicyclic) bond motifs is 1. The normalized spacial score (nSPS) is 21.9. The molecule has 1 amide bonds. The molecule has 29 heavy (non-hydrogen) atoms. The summed E-state index contributed by atoms with van der Waals surface area (Å²) in [4.78, 5) is 14.3. The fourth-order valence-corrected chi connectivity index (χ4v) is 4.32. The summed E-state index contributed by atoms with van der Waals surface area (Å²) in [5, 5.41) is 3.04. The highest BCUT2D eigenvalue weighted by molar-refractivity contribution is 5.95. The van der Waals surface area contributed by atoms with Crippen molar-refractivity contribution in [1.29, 1.82) is 0 Å². The third-order valence-corrected chi connectivity index (χ3v) is 5.89. The number of nitrogens with one attached hydrogen (secondary N) is 2. The van der Waals surface area contributed by atoms with Gasteiger partial charge in [0.05, 0.1) is 32.6 Å². The first-order valence-corrected chi connectivity index (χ1v) is 10.4. The van der Waals surface area contributed by atoms with Crippen LogP contribution in [-0.2, 0) is 4.79 Å². The Morgan fingerprint density at radius 3 is 2.76 bits per heavy atom. The molecule has 2 aliphatic heterocycles. The van der Waals surface area contributed by atoms with Crippen molar-refractivity contribution in [2.75, 3.05) is 32.2 Å². The highest BCUT2D eigenvalue weighted by Crippen LogP contribution is 2.33. The smallest absolute Gasteiger partial charge is 0.282 e. The van der Waals surface area contributed by atoms with Gasteiger partial charge in [-0.2, -0.15) is 0 Å². The summed E-state index contributed by atoms with van der Waals surface area (Å²) in [5.74, 6) is 2.31. The quantitative estimate of drug-likeness (QED) is 0.814. The number of carbonyl (C=O) groups excluding carboxylic acids is 1. The molecule has 2 aliphatic rings. The Hall–Kier alpha value is -2.73. The zero-order valence-corrected chi connectivity index (χ0v) is 17.1. The van der Waals surface area contributed by atoms with Crippen molar-refractivity contribution in [3.05, 3.63) is 48.0 Å². The number of likely N-dealkylation sites (tertiary alicyclic amines) is 1. The van der Waals surface area contributed by atoms with Gasteiger partial charge in [0.25, 0.3) is 5.91 Å². The number of benzene rings is 2. The van der Waals surface area contributed by atoms with Gasteiger partial charge in [-0.3, -0.25) is 4.79 Å². The van der Waals surface area contributed by atoms with Gasteiger partial charge < -0.3 is 24.4 Å². The van der Waals surface area contributed by atoms with Gasteiger partial charge in [0.2, 0.25) is 0 Å². The Balaban J connectivity index is 1.50. The summed E-state index contributed by atoms with van der Waals surface area (Å²) >= 11 is 0. The summed E-state index contributed by atoms with van der Waals surface area (Å²) < 4.78 is 17.0. The molecule has 0 radical (unpaired) electrons. The van der Waals surface area contributed by atoms with Crippen molar-refractivity contribution in [3.8, 4) is 17.2 Å². The van der Waals surface area contributed by atoms with Gasteiger partial charge >= 0.3 is 0 Å². The average molecular weight is 397 g/mol. The highest BCUT2D eigenvalue weighted by Gasteiger charge is 2.37. The number of quaternary nitrogens is 1. The van der Waals surface area contributed by atoms with Crippen LogP contribution in [-0.4, -0.2) is 38.8 Å². The maximum absolute atomic E-state index is 13.0. The summed E-state index contributed by atoms with van der Waals surface area (Å²) in [7, 11) is 1.61. The molecule has 3 atom stereocenters. The highest BCUT2D eigenvalue weighted by atomic mass is 16.5. The third kappa shape index (κ3) is 4.17. The molecule has 0 bridgehead atoms. The second-order valence-corrected chi connectivity index (χ2v) is 7.69. The standard InChI is InChI=1S/C23H28N2O4/c1-16(23(26)24-18-7-3-4-9-20(18)27-2)25-12-5-8-19(25)17-10-11-21-22(15-17)29-14-6-13-28-21/h3-4,7,9-11,15-16,19H,5-6,8,12-14H2,1-2H3,(H,24,26)/p+1/t16-,19+/m0/s1. The molecule has 0 aromatic heterocycles. The van der Waals surface area contributed by atoms with E-state index in [1.165, 1.54) is 10.5 Å². The molecule has 0 saturated carbocycles. The minimum Gasteiger partial charge on any atom is -0.495 e. The van der Waals surface area contributed by atoms with E-state index < -0.39 is 0 Å². The van der Waals surface area contributed by atoms with Crippen molar-refractivity contribution in [1.82, 2.24) is 0 Å². The Labute approximate surface area is 171 Å². The molecular formula is C23H29N2O4+. The van der Waals surface area contributed by atoms with E-state index in [1.54, 1.807) is 7.11 Å². The monoisotopic (exact) mass is 397 g/mol. The lowest BCUT2D eigenvalue weighted by Gasteiger charge is -2.27. The van der Waals surface area contributed by atoms with Crippen molar-refractivity contribution in [2.45, 2.75) is 38.3 Å². The van der Waals surface area contributed by atoms with Gasteiger partial charge in [0, 0.05) is 24.8 Å². The number of hydrogen-bond donors (Lipinski definition) is 2. The van der Waals surface area contributed by atoms with Crippen LogP contribution in [0.4, 0.5) is 5.69 Å². The number of rotatable bonds is 5. The largest absolute Gasteiger partial charge is 0.495 e. The fraction of sp³-hybridized carbons (Fsp3) is 0.435. The fourth-order valence-electron chi connectivity index (χ4n) is 4.32. The number of anilines is 1. The Kier molecular flexibility index (Phi) is 5.90. The molecule has 1 unspecified atom stereocenters. The van der Waals surface area contributed by atoms with E-state index in [1.807, 2.05) is 37.3 Å². The van der Waals surface area contributed by atoms with E-state index >= 15 is 0 Å². The van der Waals surface area contributed by atoms with E-state index in [2.05, 4.69) is 17.4 Å². The number of methoxy groups -OCH3 is 1. The molecule has 154 valence electrons. The third-order valence-electron chi connectivity index (χ3n) is 5.89. The summed E-state index contributed by atoms with van der Waals surface area (Å²) in [6, 6.07) is 13.8. The molecular weight excluding hydrogens is 368 g/mol. The second-order valence-electron chi connectivity index (χ2n) is 7.69. The van der Waals surface area contributed by atoms with Crippen molar-refractivity contribution in [3.63, 3.8) is 0 Å². The zero-order valence-electron chi connectivity index (χ0n) is 17.1. The molecule has 2 N–H and O–H groups in total. The van der Waals surface area contributed by atoms with Crippen LogP contribution >= 0.6 is 0 Å². The molecule has 1 fully saturated rings. The van der Waals surface area contributed by atoms with E-state index in [0.29, 0.717) is 24.7 Å². The molecule has 2 aromatic carbocycles. The van der Waals surface area contributed by atoms with E-state index in [-0.39, 0.29) is 18.0 Å². The lowest BCUT2D eigenvalue weighted by molar-refractivity contribution is -0.932. The average Bonchev–Trinajstić information content (AvgIpc) is 3.12. The van der Waals surface area contributed by atoms with Gasteiger partial charge in [-0.25, -0.2) is 0 Å². The van der Waals surface area contributed by atoms with Crippen LogP contribution < -0.4 is 24.4 Å². The first-order valence-electron chi connectivity index (χ1n) is 10.4. The summed E-state index contributed by atoms with van der Waals surface area (Å²) in [6.45, 7) is 4.34. The topological polar surface area (TPSA) is 61.2 Å². The van der Waals surface area contributed by atoms with Crippen molar-refractivity contribution < 1.29 is 23.9 Å².